The molecular weight excluding hydrogens is 695 g/mol. The average molecular weight is 739 g/mol. The minimum atomic E-state index is 0. The second kappa shape index (κ2) is 13.9. The minimum absolute atomic E-state index is 0. The fourth-order valence-electron chi connectivity index (χ4n) is 5.62. The first-order chi connectivity index (χ1) is 19.3. The Morgan fingerprint density at radius 3 is 2.31 bits per heavy atom. The molecule has 1 N–H and O–H groups in total. The number of aromatic nitrogens is 1. The molecule has 1 aliphatic rings. The number of benzene rings is 3. The number of aliphatic hydroxyl groups excluding tert-OH is 1. The summed E-state index contributed by atoms with van der Waals surface area (Å²) in [6.07, 6.45) is 5.44. The monoisotopic (exact) mass is 739 g/mol. The molecule has 223 valence electrons. The number of pyridine rings is 1. The first-order valence-corrected chi connectivity index (χ1v) is 14.8. The van der Waals surface area contributed by atoms with Gasteiger partial charge in [-0.3, -0.25) is 4.79 Å². The predicted octanol–water partition coefficient (Wildman–Crippen LogP) is 10.3. The van der Waals surface area contributed by atoms with E-state index in [9.17, 15) is 9.90 Å². The van der Waals surface area contributed by atoms with Crippen LogP contribution in [0.3, 0.4) is 0 Å². The molecule has 0 aliphatic heterocycles. The fourth-order valence-corrected chi connectivity index (χ4v) is 5.62. The number of ketones is 1. The largest absolute Gasteiger partial charge is 0.512 e. The van der Waals surface area contributed by atoms with Crippen LogP contribution in [-0.4, -0.2) is 15.9 Å². The van der Waals surface area contributed by atoms with Crippen LogP contribution >= 0.6 is 0 Å². The van der Waals surface area contributed by atoms with E-state index in [2.05, 4.69) is 82.3 Å². The minimum Gasteiger partial charge on any atom is -0.512 e. The maximum atomic E-state index is 11.2. The zero-order valence-electron chi connectivity index (χ0n) is 26.3. The van der Waals surface area contributed by atoms with Crippen LogP contribution in [0.5, 0.6) is 0 Å². The van der Waals surface area contributed by atoms with Crippen LogP contribution in [0, 0.1) is 30.2 Å². The summed E-state index contributed by atoms with van der Waals surface area (Å²) >= 11 is 0. The van der Waals surface area contributed by atoms with Gasteiger partial charge in [-0.2, -0.15) is 0 Å². The normalized spacial score (nSPS) is 12.2. The maximum absolute atomic E-state index is 11.2. The third-order valence-corrected chi connectivity index (χ3v) is 7.05. The van der Waals surface area contributed by atoms with Crippen LogP contribution in [-0.2, 0) is 31.3 Å². The van der Waals surface area contributed by atoms with Crippen molar-refractivity contribution in [2.75, 3.05) is 0 Å². The van der Waals surface area contributed by atoms with Crippen LogP contribution in [0.25, 0.3) is 44.3 Å². The van der Waals surface area contributed by atoms with Gasteiger partial charge in [0, 0.05) is 45.2 Å². The van der Waals surface area contributed by atoms with Crippen molar-refractivity contribution in [1.82, 2.24) is 4.98 Å². The Morgan fingerprint density at radius 2 is 1.64 bits per heavy atom. The van der Waals surface area contributed by atoms with E-state index in [4.69, 9.17) is 4.98 Å². The number of hydrogen-bond donors (Lipinski definition) is 1. The third-order valence-electron chi connectivity index (χ3n) is 7.05. The standard InChI is InChI=1S/C27H24N.C11H20O2.Ir/c1-17-13-19-11-12-28-26-22-8-6-5-7-20(22)23-15-18(16-27(2,3)4)9-10-21(23)24(14-17)25(19)26;1-8(2)5-10(12)7-11(13)6-9(3)4;/h5-7,9-15H,16H2,1-4H3;7-9,12H,5-6H2,1-4H3;/q-1;;/b;10-7-;. The van der Waals surface area contributed by atoms with Crippen molar-refractivity contribution in [2.24, 2.45) is 17.3 Å². The van der Waals surface area contributed by atoms with Crippen LogP contribution < -0.4 is 0 Å². The topological polar surface area (TPSA) is 50.2 Å². The van der Waals surface area contributed by atoms with Gasteiger partial charge in [0.15, 0.2) is 5.78 Å². The summed E-state index contributed by atoms with van der Waals surface area (Å²) in [5.74, 6) is 0.979. The Hall–Kier alpha value is -3.07. The van der Waals surface area contributed by atoms with E-state index in [0.717, 1.165) is 17.7 Å². The van der Waals surface area contributed by atoms with Crippen molar-refractivity contribution in [3.05, 3.63) is 89.8 Å². The second-order valence-electron chi connectivity index (χ2n) is 13.4. The average Bonchev–Trinajstić information content (AvgIpc) is 2.96. The van der Waals surface area contributed by atoms with Crippen LogP contribution in [0.1, 0.15) is 72.4 Å². The van der Waals surface area contributed by atoms with E-state index in [1.165, 1.54) is 50.2 Å². The molecule has 3 aromatic carbocycles. The molecule has 0 unspecified atom stereocenters. The second-order valence-corrected chi connectivity index (χ2v) is 13.4. The van der Waals surface area contributed by atoms with Gasteiger partial charge in [0.1, 0.15) is 0 Å². The molecule has 1 aliphatic carbocycles. The molecule has 4 heteroatoms. The van der Waals surface area contributed by atoms with Crippen LogP contribution in [0.2, 0.25) is 0 Å². The van der Waals surface area contributed by atoms with E-state index in [0.29, 0.717) is 24.7 Å². The summed E-state index contributed by atoms with van der Waals surface area (Å²) in [6.45, 7) is 17.1. The zero-order chi connectivity index (χ0) is 29.9. The van der Waals surface area contributed by atoms with Crippen LogP contribution in [0.15, 0.2) is 72.6 Å². The zero-order valence-corrected chi connectivity index (χ0v) is 28.7. The van der Waals surface area contributed by atoms with E-state index < -0.39 is 0 Å². The van der Waals surface area contributed by atoms with Gasteiger partial charge in [0.25, 0.3) is 0 Å². The van der Waals surface area contributed by atoms with E-state index in [1.807, 2.05) is 40.0 Å². The van der Waals surface area contributed by atoms with Gasteiger partial charge in [-0.1, -0.05) is 89.9 Å². The number of allylic oxidation sites excluding steroid dienone is 2. The number of hydrogen-bond acceptors (Lipinski definition) is 3. The molecule has 0 spiro atoms. The maximum Gasteiger partial charge on any atom is 0.159 e. The molecule has 1 aromatic heterocycles. The summed E-state index contributed by atoms with van der Waals surface area (Å²) < 4.78 is 0. The fraction of sp³-hybridized carbons (Fsp3) is 0.368. The molecule has 0 amide bonds. The molecule has 4 aromatic rings. The third kappa shape index (κ3) is 8.27. The number of carbonyl (C=O) groups excluding carboxylic acids is 1. The number of carbonyl (C=O) groups is 1. The summed E-state index contributed by atoms with van der Waals surface area (Å²) in [6, 6.07) is 23.5. The van der Waals surface area contributed by atoms with Crippen LogP contribution in [0.4, 0.5) is 0 Å². The molecule has 1 heterocycles. The molecule has 0 saturated carbocycles. The number of nitrogens with zero attached hydrogens (tertiary/aromatic N) is 1. The van der Waals surface area contributed by atoms with Crippen molar-refractivity contribution in [2.45, 2.75) is 74.7 Å². The molecule has 1 radical (unpaired) electrons. The van der Waals surface area contributed by atoms with Gasteiger partial charge >= 0.3 is 0 Å². The summed E-state index contributed by atoms with van der Waals surface area (Å²) in [5, 5.41) is 11.8. The summed E-state index contributed by atoms with van der Waals surface area (Å²) in [5.41, 5.74) is 10.1. The van der Waals surface area contributed by atoms with Crippen molar-refractivity contribution < 1.29 is 30.0 Å². The van der Waals surface area contributed by atoms with E-state index in [1.54, 1.807) is 0 Å². The number of rotatable bonds is 6. The van der Waals surface area contributed by atoms with Crippen molar-refractivity contribution in [3.8, 4) is 33.5 Å². The SMILES string of the molecule is CC(C)CC(=O)/C=C(\O)CC(C)C.Cc1cc2c3c(nccc3c1)-c1[c-]cccc1-c1cc(CC(C)(C)C)ccc1-2.[Ir]. The Morgan fingerprint density at radius 1 is 0.929 bits per heavy atom. The summed E-state index contributed by atoms with van der Waals surface area (Å²) in [4.78, 5) is 16.0. The first kappa shape index (κ1) is 33.4. The predicted molar refractivity (Wildman–Crippen MR) is 173 cm³/mol. The number of aryl methyl sites for hydroxylation is 1. The first-order valence-electron chi connectivity index (χ1n) is 14.8. The summed E-state index contributed by atoms with van der Waals surface area (Å²) in [7, 11) is 0. The Bertz CT molecular complexity index is 1590. The van der Waals surface area contributed by atoms with Gasteiger partial charge in [-0.15, -0.1) is 29.8 Å². The molecule has 0 atom stereocenters. The molecule has 0 saturated heterocycles. The van der Waals surface area contributed by atoms with E-state index in [-0.39, 0.29) is 37.1 Å². The quantitative estimate of drug-likeness (QED) is 0.107. The van der Waals surface area contributed by atoms with Gasteiger partial charge in [0.2, 0.25) is 0 Å². The van der Waals surface area contributed by atoms with Gasteiger partial charge in [-0.25, -0.2) is 0 Å². The Balaban J connectivity index is 0.000000297. The van der Waals surface area contributed by atoms with Crippen molar-refractivity contribution >= 4 is 16.6 Å². The molecule has 3 nitrogen and oxygen atoms in total. The van der Waals surface area contributed by atoms with E-state index >= 15 is 0 Å². The van der Waals surface area contributed by atoms with Crippen molar-refractivity contribution in [1.29, 1.82) is 0 Å². The Labute approximate surface area is 265 Å². The molecule has 0 bridgehead atoms. The molecule has 5 rings (SSSR count). The van der Waals surface area contributed by atoms with Gasteiger partial charge in [-0.05, 0) is 75.4 Å². The van der Waals surface area contributed by atoms with Crippen molar-refractivity contribution in [3.63, 3.8) is 0 Å². The Kier molecular flexibility index (Phi) is 11.1. The molecular formula is C38H44IrNO2-. The van der Waals surface area contributed by atoms with Gasteiger partial charge in [0.05, 0.1) is 5.76 Å². The van der Waals surface area contributed by atoms with Gasteiger partial charge < -0.3 is 10.1 Å². The number of aliphatic hydroxyl groups is 1. The number of fused-ring (bicyclic) bond motifs is 5. The molecule has 42 heavy (non-hydrogen) atoms. The smallest absolute Gasteiger partial charge is 0.159 e. The molecule has 0 fully saturated rings.